The SMILES string of the molecule is NC[C@@H](O)[C@H](O)[C@H](O)c1cnn(-c2ccccc2)n1. The first-order valence-electron chi connectivity index (χ1n) is 5.85. The Kier molecular flexibility index (Phi) is 4.23. The fourth-order valence-electron chi connectivity index (χ4n) is 1.62. The van der Waals surface area contributed by atoms with Gasteiger partial charge in [-0.2, -0.15) is 15.0 Å². The normalized spacial score (nSPS) is 16.0. The molecule has 0 saturated carbocycles. The van der Waals surface area contributed by atoms with Gasteiger partial charge in [0.1, 0.15) is 17.9 Å². The molecule has 0 bridgehead atoms. The van der Waals surface area contributed by atoms with Gasteiger partial charge in [-0.25, -0.2) is 0 Å². The van der Waals surface area contributed by atoms with Crippen LogP contribution in [0.4, 0.5) is 0 Å². The van der Waals surface area contributed by atoms with Crippen molar-refractivity contribution in [2.75, 3.05) is 6.54 Å². The average molecular weight is 264 g/mol. The maximum atomic E-state index is 9.87. The molecule has 102 valence electrons. The lowest BCUT2D eigenvalue weighted by Crippen LogP contribution is -2.37. The molecule has 2 rings (SSSR count). The quantitative estimate of drug-likeness (QED) is 0.549. The van der Waals surface area contributed by atoms with Crippen molar-refractivity contribution in [3.05, 3.63) is 42.2 Å². The van der Waals surface area contributed by atoms with E-state index in [1.165, 1.54) is 11.0 Å². The van der Waals surface area contributed by atoms with Crippen molar-refractivity contribution in [3.63, 3.8) is 0 Å². The Hall–Kier alpha value is -1.80. The summed E-state index contributed by atoms with van der Waals surface area (Å²) in [7, 11) is 0. The summed E-state index contributed by atoms with van der Waals surface area (Å²) in [5, 5.41) is 37.0. The third-order valence-corrected chi connectivity index (χ3v) is 2.76. The third-order valence-electron chi connectivity index (χ3n) is 2.76. The molecule has 0 radical (unpaired) electrons. The lowest BCUT2D eigenvalue weighted by atomic mass is 10.1. The maximum Gasteiger partial charge on any atom is 0.128 e. The number of nitrogens with two attached hydrogens (primary N) is 1. The van der Waals surface area contributed by atoms with Gasteiger partial charge in [-0.15, -0.1) is 0 Å². The first-order valence-corrected chi connectivity index (χ1v) is 5.85. The molecule has 19 heavy (non-hydrogen) atoms. The molecule has 2 aromatic rings. The number of benzene rings is 1. The molecule has 0 fully saturated rings. The molecule has 3 atom stereocenters. The van der Waals surface area contributed by atoms with E-state index in [0.29, 0.717) is 0 Å². The minimum atomic E-state index is -1.40. The Morgan fingerprint density at radius 2 is 1.84 bits per heavy atom. The minimum absolute atomic E-state index is 0.148. The van der Waals surface area contributed by atoms with E-state index < -0.39 is 18.3 Å². The summed E-state index contributed by atoms with van der Waals surface area (Å²) in [6, 6.07) is 9.15. The van der Waals surface area contributed by atoms with Crippen LogP contribution in [0.2, 0.25) is 0 Å². The second kappa shape index (κ2) is 5.89. The molecule has 0 aliphatic rings. The van der Waals surface area contributed by atoms with Crippen molar-refractivity contribution in [2.45, 2.75) is 18.3 Å². The number of aliphatic hydroxyl groups is 3. The van der Waals surface area contributed by atoms with Crippen molar-refractivity contribution in [3.8, 4) is 5.69 Å². The first kappa shape index (κ1) is 13.6. The average Bonchev–Trinajstić information content (AvgIpc) is 2.95. The molecule has 7 nitrogen and oxygen atoms in total. The Balaban J connectivity index is 2.17. The Labute approximate surface area is 109 Å². The molecule has 1 heterocycles. The van der Waals surface area contributed by atoms with E-state index in [1.807, 2.05) is 18.2 Å². The molecule has 0 aliphatic carbocycles. The Bertz CT molecular complexity index is 517. The summed E-state index contributed by atoms with van der Waals surface area (Å²) in [6.45, 7) is -0.148. The molecule has 0 aliphatic heterocycles. The smallest absolute Gasteiger partial charge is 0.128 e. The van der Waals surface area contributed by atoms with Gasteiger partial charge >= 0.3 is 0 Å². The van der Waals surface area contributed by atoms with Crippen molar-refractivity contribution in [1.29, 1.82) is 0 Å². The van der Waals surface area contributed by atoms with E-state index in [2.05, 4.69) is 10.2 Å². The van der Waals surface area contributed by atoms with Crippen LogP contribution in [0.5, 0.6) is 0 Å². The molecule has 1 aromatic carbocycles. The Morgan fingerprint density at radius 3 is 2.47 bits per heavy atom. The summed E-state index contributed by atoms with van der Waals surface area (Å²) in [4.78, 5) is 1.33. The molecule has 1 aromatic heterocycles. The standard InChI is InChI=1S/C12H16N4O3/c13-6-10(17)12(19)11(18)9-7-14-16(15-9)8-4-2-1-3-5-8/h1-5,7,10-12,17-19H,6,13H2/t10-,11-,12+/m1/s1. The van der Waals surface area contributed by atoms with Crippen LogP contribution in [-0.4, -0.2) is 49.1 Å². The van der Waals surface area contributed by atoms with Crippen LogP contribution in [0.3, 0.4) is 0 Å². The number of hydrogen-bond acceptors (Lipinski definition) is 6. The van der Waals surface area contributed by atoms with E-state index in [0.717, 1.165) is 5.69 Å². The van der Waals surface area contributed by atoms with Gasteiger partial charge in [0, 0.05) is 6.54 Å². The highest BCUT2D eigenvalue weighted by Gasteiger charge is 2.27. The largest absolute Gasteiger partial charge is 0.389 e. The highest BCUT2D eigenvalue weighted by atomic mass is 16.4. The predicted octanol–water partition coefficient (Wildman–Crippen LogP) is -1.02. The van der Waals surface area contributed by atoms with E-state index in [1.54, 1.807) is 12.1 Å². The Morgan fingerprint density at radius 1 is 1.16 bits per heavy atom. The predicted molar refractivity (Wildman–Crippen MR) is 67.4 cm³/mol. The zero-order chi connectivity index (χ0) is 13.8. The zero-order valence-corrected chi connectivity index (χ0v) is 10.2. The van der Waals surface area contributed by atoms with Crippen LogP contribution in [-0.2, 0) is 0 Å². The van der Waals surface area contributed by atoms with Crippen LogP contribution >= 0.6 is 0 Å². The topological polar surface area (TPSA) is 117 Å². The van der Waals surface area contributed by atoms with Crippen LogP contribution in [0.25, 0.3) is 5.69 Å². The van der Waals surface area contributed by atoms with Gasteiger partial charge in [0.2, 0.25) is 0 Å². The van der Waals surface area contributed by atoms with E-state index in [-0.39, 0.29) is 12.2 Å². The lowest BCUT2D eigenvalue weighted by molar-refractivity contribution is -0.0582. The number of aromatic nitrogens is 3. The summed E-state index contributed by atoms with van der Waals surface area (Å²) >= 11 is 0. The van der Waals surface area contributed by atoms with Gasteiger partial charge in [-0.05, 0) is 12.1 Å². The molecule has 0 amide bonds. The van der Waals surface area contributed by atoms with E-state index >= 15 is 0 Å². The second-order valence-electron chi connectivity index (χ2n) is 4.13. The van der Waals surface area contributed by atoms with Crippen LogP contribution in [0.1, 0.15) is 11.8 Å². The number of nitrogens with zero attached hydrogens (tertiary/aromatic N) is 3. The summed E-state index contributed by atoms with van der Waals surface area (Å²) < 4.78 is 0. The highest BCUT2D eigenvalue weighted by molar-refractivity contribution is 5.28. The molecule has 0 spiro atoms. The monoisotopic (exact) mass is 264 g/mol. The fraction of sp³-hybridized carbons (Fsp3) is 0.333. The van der Waals surface area contributed by atoms with Gasteiger partial charge in [0.25, 0.3) is 0 Å². The summed E-state index contributed by atoms with van der Waals surface area (Å²) in [6.07, 6.45) is -2.61. The van der Waals surface area contributed by atoms with Gasteiger partial charge < -0.3 is 21.1 Å². The van der Waals surface area contributed by atoms with Gasteiger partial charge in [-0.3, -0.25) is 0 Å². The van der Waals surface area contributed by atoms with E-state index in [4.69, 9.17) is 5.73 Å². The van der Waals surface area contributed by atoms with Crippen LogP contribution in [0.15, 0.2) is 36.5 Å². The van der Waals surface area contributed by atoms with Crippen molar-refractivity contribution >= 4 is 0 Å². The van der Waals surface area contributed by atoms with Gasteiger partial charge in [0.05, 0.1) is 18.0 Å². The minimum Gasteiger partial charge on any atom is -0.389 e. The molecule has 0 unspecified atom stereocenters. The number of hydrogen-bond donors (Lipinski definition) is 4. The van der Waals surface area contributed by atoms with E-state index in [9.17, 15) is 15.3 Å². The molecule has 7 heteroatoms. The fourth-order valence-corrected chi connectivity index (χ4v) is 1.62. The van der Waals surface area contributed by atoms with Crippen LogP contribution in [0, 0.1) is 0 Å². The van der Waals surface area contributed by atoms with Gasteiger partial charge in [0.15, 0.2) is 0 Å². The molecule has 5 N–H and O–H groups in total. The van der Waals surface area contributed by atoms with Crippen molar-refractivity contribution < 1.29 is 15.3 Å². The summed E-state index contributed by atoms with van der Waals surface area (Å²) in [5.41, 5.74) is 6.12. The highest BCUT2D eigenvalue weighted by Crippen LogP contribution is 2.17. The zero-order valence-electron chi connectivity index (χ0n) is 10.2. The van der Waals surface area contributed by atoms with Crippen LogP contribution < -0.4 is 5.73 Å². The summed E-state index contributed by atoms with van der Waals surface area (Å²) in [5.74, 6) is 0. The number of para-hydroxylation sites is 1. The lowest BCUT2D eigenvalue weighted by Gasteiger charge is -2.19. The second-order valence-corrected chi connectivity index (χ2v) is 4.13. The third kappa shape index (κ3) is 2.96. The maximum absolute atomic E-state index is 9.87. The van der Waals surface area contributed by atoms with Gasteiger partial charge in [-0.1, -0.05) is 18.2 Å². The van der Waals surface area contributed by atoms with Crippen molar-refractivity contribution in [1.82, 2.24) is 15.0 Å². The molecular weight excluding hydrogens is 248 g/mol. The molecule has 0 saturated heterocycles. The number of rotatable bonds is 5. The molecular formula is C12H16N4O3. The van der Waals surface area contributed by atoms with Crippen molar-refractivity contribution in [2.24, 2.45) is 5.73 Å². The first-order chi connectivity index (χ1) is 9.13. The number of aliphatic hydroxyl groups excluding tert-OH is 3.